The van der Waals surface area contributed by atoms with E-state index in [0.29, 0.717) is 17.2 Å². The number of hydrogen-bond donors (Lipinski definition) is 0. The van der Waals surface area contributed by atoms with E-state index in [0.717, 1.165) is 11.1 Å². The molecule has 1 radical (unpaired) electrons. The summed E-state index contributed by atoms with van der Waals surface area (Å²) in [5, 5.41) is 0. The number of rotatable bonds is 5. The maximum atomic E-state index is 5.47. The normalized spacial score (nSPS) is 11.8. The third kappa shape index (κ3) is 2.72. The molecule has 0 amide bonds. The maximum absolute atomic E-state index is 5.47. The van der Waals surface area contributed by atoms with Crippen molar-refractivity contribution in [1.29, 1.82) is 0 Å². The van der Waals surface area contributed by atoms with Gasteiger partial charge in [-0.05, 0) is 12.5 Å². The fraction of sp³-hybridized carbons (Fsp3) is 0.235. The van der Waals surface area contributed by atoms with E-state index in [1.165, 1.54) is 0 Å². The van der Waals surface area contributed by atoms with Crippen LogP contribution in [0, 0.1) is 6.92 Å². The first kappa shape index (κ1) is 14.3. The highest BCUT2D eigenvalue weighted by molar-refractivity contribution is 5.55. The molecule has 2 aromatic rings. The maximum Gasteiger partial charge on any atom is 0.130 e. The highest BCUT2D eigenvalue weighted by Gasteiger charge is 2.20. The molecule has 0 aliphatic heterocycles. The lowest BCUT2D eigenvalue weighted by molar-refractivity contribution is 0.368. The topological polar surface area (TPSA) is 27.7 Å². The van der Waals surface area contributed by atoms with E-state index in [2.05, 4.69) is 6.92 Å². The molecule has 0 saturated heterocycles. The molecule has 3 nitrogen and oxygen atoms in total. The summed E-state index contributed by atoms with van der Waals surface area (Å²) >= 11 is 0. The van der Waals surface area contributed by atoms with Crippen LogP contribution in [0.4, 0.5) is 0 Å². The number of benzene rings is 2. The Bertz CT molecular complexity index is 539. The van der Waals surface area contributed by atoms with Gasteiger partial charge in [0, 0.05) is 23.6 Å². The van der Waals surface area contributed by atoms with Crippen LogP contribution in [-0.2, 0) is 0 Å². The van der Waals surface area contributed by atoms with Gasteiger partial charge in [0.05, 0.1) is 21.3 Å². The van der Waals surface area contributed by atoms with Gasteiger partial charge in [0.2, 0.25) is 0 Å². The molecule has 0 aromatic heterocycles. The standard InChI is InChI=1S/C17H19O3/c1-12(13-8-6-5-7-9-13)17-15(19-3)10-14(18-2)11-16(17)20-4/h5-12H,1H2,2-4H3. The molecule has 3 heteroatoms. The summed E-state index contributed by atoms with van der Waals surface area (Å²) in [7, 11) is 4.89. The second kappa shape index (κ2) is 6.33. The molecule has 0 spiro atoms. The van der Waals surface area contributed by atoms with Crippen LogP contribution in [0.3, 0.4) is 0 Å². The summed E-state index contributed by atoms with van der Waals surface area (Å²) in [6.45, 7) is 4.25. The molecule has 0 N–H and O–H groups in total. The van der Waals surface area contributed by atoms with Gasteiger partial charge in [0.1, 0.15) is 17.2 Å². The molecule has 0 fully saturated rings. The van der Waals surface area contributed by atoms with Crippen molar-refractivity contribution in [3.05, 3.63) is 60.5 Å². The van der Waals surface area contributed by atoms with Gasteiger partial charge in [0.25, 0.3) is 0 Å². The Morgan fingerprint density at radius 1 is 0.850 bits per heavy atom. The van der Waals surface area contributed by atoms with Crippen molar-refractivity contribution in [3.8, 4) is 17.2 Å². The van der Waals surface area contributed by atoms with Crippen LogP contribution < -0.4 is 14.2 Å². The van der Waals surface area contributed by atoms with Gasteiger partial charge in [-0.3, -0.25) is 0 Å². The van der Waals surface area contributed by atoms with Gasteiger partial charge >= 0.3 is 0 Å². The van der Waals surface area contributed by atoms with E-state index in [9.17, 15) is 0 Å². The molecule has 105 valence electrons. The summed E-state index contributed by atoms with van der Waals surface area (Å²) < 4.78 is 16.2. The monoisotopic (exact) mass is 271 g/mol. The fourth-order valence-corrected chi connectivity index (χ4v) is 2.23. The van der Waals surface area contributed by atoms with Crippen LogP contribution in [0.2, 0.25) is 0 Å². The van der Waals surface area contributed by atoms with E-state index in [1.807, 2.05) is 42.5 Å². The Morgan fingerprint density at radius 2 is 1.40 bits per heavy atom. The molecule has 1 atom stereocenters. The van der Waals surface area contributed by atoms with Crippen molar-refractivity contribution in [2.45, 2.75) is 5.92 Å². The molecule has 20 heavy (non-hydrogen) atoms. The highest BCUT2D eigenvalue weighted by Crippen LogP contribution is 2.41. The van der Waals surface area contributed by atoms with E-state index >= 15 is 0 Å². The van der Waals surface area contributed by atoms with Gasteiger partial charge < -0.3 is 14.2 Å². The van der Waals surface area contributed by atoms with E-state index < -0.39 is 0 Å². The van der Waals surface area contributed by atoms with E-state index in [1.54, 1.807) is 21.3 Å². The third-order valence-corrected chi connectivity index (χ3v) is 3.30. The van der Waals surface area contributed by atoms with Crippen molar-refractivity contribution in [3.63, 3.8) is 0 Å². The van der Waals surface area contributed by atoms with Crippen LogP contribution in [0.15, 0.2) is 42.5 Å². The molecule has 1 unspecified atom stereocenters. The van der Waals surface area contributed by atoms with E-state index in [-0.39, 0.29) is 5.92 Å². The number of methoxy groups -OCH3 is 3. The minimum atomic E-state index is -0.0768. The zero-order valence-electron chi connectivity index (χ0n) is 12.1. The Labute approximate surface area is 120 Å². The lowest BCUT2D eigenvalue weighted by Crippen LogP contribution is -2.03. The van der Waals surface area contributed by atoms with Crippen LogP contribution in [-0.4, -0.2) is 21.3 Å². The minimum absolute atomic E-state index is 0.0768. The fourth-order valence-electron chi connectivity index (χ4n) is 2.23. The Balaban J connectivity index is 2.54. The Hall–Kier alpha value is -2.16. The highest BCUT2D eigenvalue weighted by atomic mass is 16.5. The predicted molar refractivity (Wildman–Crippen MR) is 79.7 cm³/mol. The predicted octanol–water partition coefficient (Wildman–Crippen LogP) is 3.68. The molecular formula is C17H19O3. The number of hydrogen-bond acceptors (Lipinski definition) is 3. The molecule has 0 bridgehead atoms. The second-order valence-corrected chi connectivity index (χ2v) is 4.41. The molecule has 2 rings (SSSR count). The average molecular weight is 271 g/mol. The Morgan fingerprint density at radius 3 is 1.85 bits per heavy atom. The van der Waals surface area contributed by atoms with Gasteiger partial charge in [-0.1, -0.05) is 30.3 Å². The summed E-state index contributed by atoms with van der Waals surface area (Å²) in [6.07, 6.45) is 0. The molecule has 0 saturated carbocycles. The first-order valence-electron chi connectivity index (χ1n) is 6.39. The van der Waals surface area contributed by atoms with Crippen LogP contribution in [0.1, 0.15) is 17.0 Å². The summed E-state index contributed by atoms with van der Waals surface area (Å²) in [6, 6.07) is 13.8. The van der Waals surface area contributed by atoms with Crippen molar-refractivity contribution in [2.75, 3.05) is 21.3 Å². The van der Waals surface area contributed by atoms with Crippen LogP contribution >= 0.6 is 0 Å². The minimum Gasteiger partial charge on any atom is -0.496 e. The van der Waals surface area contributed by atoms with Crippen molar-refractivity contribution in [2.24, 2.45) is 0 Å². The average Bonchev–Trinajstić information content (AvgIpc) is 2.53. The summed E-state index contributed by atoms with van der Waals surface area (Å²) in [5.41, 5.74) is 2.02. The van der Waals surface area contributed by atoms with Crippen molar-refractivity contribution >= 4 is 0 Å². The quantitative estimate of drug-likeness (QED) is 0.830. The molecule has 0 heterocycles. The Kier molecular flexibility index (Phi) is 4.51. The first-order chi connectivity index (χ1) is 9.71. The van der Waals surface area contributed by atoms with Crippen molar-refractivity contribution < 1.29 is 14.2 Å². The van der Waals surface area contributed by atoms with Crippen molar-refractivity contribution in [1.82, 2.24) is 0 Å². The van der Waals surface area contributed by atoms with Gasteiger partial charge in [-0.25, -0.2) is 0 Å². The smallest absolute Gasteiger partial charge is 0.130 e. The first-order valence-corrected chi connectivity index (χ1v) is 6.39. The third-order valence-electron chi connectivity index (χ3n) is 3.30. The summed E-state index contributed by atoms with van der Waals surface area (Å²) in [4.78, 5) is 0. The second-order valence-electron chi connectivity index (χ2n) is 4.41. The lowest BCUT2D eigenvalue weighted by Gasteiger charge is -2.20. The van der Waals surface area contributed by atoms with Gasteiger partial charge in [-0.15, -0.1) is 0 Å². The molecule has 2 aromatic carbocycles. The largest absolute Gasteiger partial charge is 0.496 e. The molecule has 0 aliphatic carbocycles. The molecule has 0 aliphatic rings. The zero-order chi connectivity index (χ0) is 14.5. The van der Waals surface area contributed by atoms with Gasteiger partial charge in [0.15, 0.2) is 0 Å². The van der Waals surface area contributed by atoms with Crippen LogP contribution in [0.25, 0.3) is 0 Å². The SMILES string of the molecule is [CH2]C(c1ccccc1)c1c(OC)cc(OC)cc1OC. The zero-order valence-corrected chi connectivity index (χ0v) is 12.1. The number of ether oxygens (including phenoxy) is 3. The lowest BCUT2D eigenvalue weighted by atomic mass is 9.91. The summed E-state index contributed by atoms with van der Waals surface area (Å²) in [5.74, 6) is 2.05. The van der Waals surface area contributed by atoms with Crippen LogP contribution in [0.5, 0.6) is 17.2 Å². The molecular weight excluding hydrogens is 252 g/mol. The van der Waals surface area contributed by atoms with E-state index in [4.69, 9.17) is 14.2 Å². The van der Waals surface area contributed by atoms with Gasteiger partial charge in [-0.2, -0.15) is 0 Å².